The maximum atomic E-state index is 14.1. The van der Waals surface area contributed by atoms with Crippen molar-refractivity contribution in [2.45, 2.75) is 84.5 Å². The predicted molar refractivity (Wildman–Crippen MR) is 284 cm³/mol. The van der Waals surface area contributed by atoms with Gasteiger partial charge in [0, 0.05) is 35.0 Å². The molecule has 1 aliphatic rings. The number of carbonyl (C=O) groups excluding carboxylic acids is 4. The molecule has 1 fully saturated rings. The van der Waals surface area contributed by atoms with Gasteiger partial charge in [0.15, 0.2) is 5.75 Å². The quantitative estimate of drug-likeness (QED) is 0.0272. The number of unbranched alkanes of at least 4 members (excludes halogenated alkanes) is 1. The first-order valence-electron chi connectivity index (χ1n) is 24.0. The molecule has 378 valence electrons. The number of hydrazone groups is 1. The molecule has 6 N–H and O–H groups in total. The molecule has 15 nitrogen and oxygen atoms in total. The van der Waals surface area contributed by atoms with Gasteiger partial charge in [0.25, 0.3) is 5.91 Å². The van der Waals surface area contributed by atoms with E-state index in [4.69, 9.17) is 9.47 Å². The summed E-state index contributed by atoms with van der Waals surface area (Å²) in [5.74, 6) is 0.517. The number of phenolic OH excluding ortho intramolecular Hbond substituents is 2. The van der Waals surface area contributed by atoms with Crippen LogP contribution in [0, 0.1) is 12.3 Å². The zero-order chi connectivity index (χ0) is 51.8. The van der Waals surface area contributed by atoms with E-state index in [-0.39, 0.29) is 48.7 Å². The molecule has 0 saturated carbocycles. The van der Waals surface area contributed by atoms with Crippen LogP contribution in [0.4, 0.5) is 0 Å². The number of phenols is 2. The van der Waals surface area contributed by atoms with E-state index in [0.29, 0.717) is 42.3 Å². The molecule has 2 aromatic heterocycles. The number of aliphatic hydroxyl groups excluding tert-OH is 1. The maximum Gasteiger partial charge on any atom is 0.271 e. The molecule has 4 unspecified atom stereocenters. The van der Waals surface area contributed by atoms with Gasteiger partial charge in [-0.1, -0.05) is 45.0 Å². The Labute approximate surface area is 431 Å². The monoisotopic (exact) mass is 1020 g/mol. The molecule has 0 aliphatic carbocycles. The van der Waals surface area contributed by atoms with Crippen LogP contribution in [-0.4, -0.2) is 86.4 Å². The highest BCUT2D eigenvalue weighted by atomic mass is 32.1. The minimum atomic E-state index is -0.926. The van der Waals surface area contributed by atoms with Crippen LogP contribution in [-0.2, 0) is 14.4 Å². The fourth-order valence-electron chi connectivity index (χ4n) is 8.46. The predicted octanol–water partition coefficient (Wildman–Crippen LogP) is 9.89. The molecule has 0 spiro atoms. The summed E-state index contributed by atoms with van der Waals surface area (Å²) in [6.45, 7) is 9.76. The highest BCUT2D eigenvalue weighted by Gasteiger charge is 2.44. The second kappa shape index (κ2) is 22.9. The Kier molecular flexibility index (Phi) is 16.2. The van der Waals surface area contributed by atoms with E-state index < -0.39 is 35.4 Å². The SMILES string of the molecule is Cc1ncsc1-c1ccc(C(C)NC(=O)C2CC(O)CN2C(=O)C(NC(=O)CCCCOc2ccc(C=NNC(=O)c3ccc(Oc4c(-c5ccc(O)cc5)sc5cc(O)ccc45)cc3)cc2)C(C)(C)C)cc1. The molecule has 73 heavy (non-hydrogen) atoms. The van der Waals surface area contributed by atoms with E-state index in [1.165, 1.54) is 22.5 Å². The smallest absolute Gasteiger partial charge is 0.271 e. The number of rotatable bonds is 18. The lowest BCUT2D eigenvalue weighted by atomic mass is 9.85. The standard InChI is InChI=1S/C56H58N6O9S2/c1-33(36-11-13-37(14-12-36)50-34(2)57-32-72-50)59-54(68)46-28-42(65)31-62(46)55(69)52(56(3,4)5)60-48(66)8-6-7-27-70-43-22-9-35(10-23-43)30-58-61-53(67)39-17-24-44(25-18-39)71-49-45-26-21-41(64)29-47(45)73-51(49)38-15-19-40(63)20-16-38/h9-26,29-30,32-33,42,46,52,63-65H,6-8,27-28,31H2,1-5H3,(H,59,68)(H,60,66)(H,61,67). The average molecular weight is 1020 g/mol. The number of nitrogens with zero attached hydrogens (tertiary/aromatic N) is 3. The van der Waals surface area contributed by atoms with E-state index in [9.17, 15) is 34.5 Å². The van der Waals surface area contributed by atoms with Crippen molar-refractivity contribution in [1.82, 2.24) is 25.9 Å². The Hall–Kier alpha value is -7.60. The van der Waals surface area contributed by atoms with Gasteiger partial charge in [0.1, 0.15) is 35.1 Å². The van der Waals surface area contributed by atoms with Gasteiger partial charge in [0.2, 0.25) is 17.7 Å². The third kappa shape index (κ3) is 12.9. The Morgan fingerprint density at radius 1 is 0.849 bits per heavy atom. The molecule has 0 bridgehead atoms. The Bertz CT molecular complexity index is 3090. The lowest BCUT2D eigenvalue weighted by molar-refractivity contribution is -0.144. The lowest BCUT2D eigenvalue weighted by Gasteiger charge is -2.35. The molecule has 8 rings (SSSR count). The summed E-state index contributed by atoms with van der Waals surface area (Å²) in [7, 11) is 0. The number of likely N-dealkylation sites (tertiary alicyclic amines) is 1. The number of thiophene rings is 1. The number of ether oxygens (including phenoxy) is 2. The minimum Gasteiger partial charge on any atom is -0.508 e. The number of nitrogens with one attached hydrogen (secondary N) is 3. The zero-order valence-corrected chi connectivity index (χ0v) is 42.8. The maximum absolute atomic E-state index is 14.1. The normalized spacial score (nSPS) is 15.5. The Balaban J connectivity index is 0.764. The first-order chi connectivity index (χ1) is 35.0. The molecule has 7 aromatic rings. The number of aryl methyl sites for hydroxylation is 1. The molecule has 5 aromatic carbocycles. The minimum absolute atomic E-state index is 0.0125. The number of hydrogen-bond donors (Lipinski definition) is 6. The molecule has 3 heterocycles. The van der Waals surface area contributed by atoms with Crippen LogP contribution in [0.25, 0.3) is 31.0 Å². The number of carbonyl (C=O) groups is 4. The van der Waals surface area contributed by atoms with Gasteiger partial charge in [-0.2, -0.15) is 5.10 Å². The van der Waals surface area contributed by atoms with Crippen LogP contribution in [0.1, 0.15) is 86.6 Å². The number of fused-ring (bicyclic) bond motifs is 1. The van der Waals surface area contributed by atoms with Crippen molar-refractivity contribution in [3.05, 3.63) is 143 Å². The van der Waals surface area contributed by atoms with Crippen molar-refractivity contribution in [2.24, 2.45) is 10.5 Å². The second-order valence-electron chi connectivity index (χ2n) is 19.1. The number of hydrogen-bond acceptors (Lipinski definition) is 13. The summed E-state index contributed by atoms with van der Waals surface area (Å²) >= 11 is 3.03. The Morgan fingerprint density at radius 2 is 1.52 bits per heavy atom. The Morgan fingerprint density at radius 3 is 2.21 bits per heavy atom. The van der Waals surface area contributed by atoms with E-state index in [1.54, 1.807) is 102 Å². The van der Waals surface area contributed by atoms with Crippen molar-refractivity contribution >= 4 is 62.6 Å². The summed E-state index contributed by atoms with van der Waals surface area (Å²) in [5, 5.41) is 41.4. The van der Waals surface area contributed by atoms with Crippen LogP contribution in [0.5, 0.6) is 28.7 Å². The summed E-state index contributed by atoms with van der Waals surface area (Å²) in [4.78, 5) is 61.6. The van der Waals surface area contributed by atoms with Crippen LogP contribution in [0.2, 0.25) is 0 Å². The second-order valence-corrected chi connectivity index (χ2v) is 21.0. The number of β-amino-alcohol motifs (C(OH)–C–C–N with tert-alkyl or cyclic N) is 1. The summed E-state index contributed by atoms with van der Waals surface area (Å²) < 4.78 is 13.1. The third-order valence-electron chi connectivity index (χ3n) is 12.5. The van der Waals surface area contributed by atoms with Gasteiger partial charge in [-0.3, -0.25) is 19.2 Å². The molecule has 0 radical (unpaired) electrons. The molecule has 1 saturated heterocycles. The molecule has 4 amide bonds. The largest absolute Gasteiger partial charge is 0.508 e. The summed E-state index contributed by atoms with van der Waals surface area (Å²) in [6.07, 6.45) is 1.98. The van der Waals surface area contributed by atoms with Crippen LogP contribution in [0.15, 0.2) is 126 Å². The van der Waals surface area contributed by atoms with Crippen molar-refractivity contribution in [3.63, 3.8) is 0 Å². The first kappa shape index (κ1) is 51.7. The van der Waals surface area contributed by atoms with Crippen molar-refractivity contribution in [1.29, 1.82) is 0 Å². The van der Waals surface area contributed by atoms with Crippen LogP contribution >= 0.6 is 22.7 Å². The zero-order valence-electron chi connectivity index (χ0n) is 41.1. The number of aromatic hydroxyl groups is 2. The summed E-state index contributed by atoms with van der Waals surface area (Å²) in [6, 6.07) is 31.5. The topological polar surface area (TPSA) is 212 Å². The van der Waals surface area contributed by atoms with Crippen molar-refractivity contribution in [2.75, 3.05) is 13.2 Å². The molecule has 17 heteroatoms. The fourth-order valence-corrected chi connectivity index (χ4v) is 10.4. The highest BCUT2D eigenvalue weighted by molar-refractivity contribution is 7.22. The summed E-state index contributed by atoms with van der Waals surface area (Å²) in [5.41, 5.74) is 8.52. The van der Waals surface area contributed by atoms with Gasteiger partial charge in [-0.25, -0.2) is 10.4 Å². The van der Waals surface area contributed by atoms with E-state index >= 15 is 0 Å². The number of benzene rings is 5. The molecular formula is C56H58N6O9S2. The third-order valence-corrected chi connectivity index (χ3v) is 14.6. The van der Waals surface area contributed by atoms with E-state index in [1.807, 2.05) is 64.4 Å². The molecular weight excluding hydrogens is 965 g/mol. The van der Waals surface area contributed by atoms with Crippen molar-refractivity contribution in [3.8, 4) is 49.6 Å². The van der Waals surface area contributed by atoms with Crippen molar-refractivity contribution < 1.29 is 44.0 Å². The molecule has 1 aliphatic heterocycles. The van der Waals surface area contributed by atoms with Crippen LogP contribution < -0.4 is 25.5 Å². The molecule has 4 atom stereocenters. The number of thiazole rings is 1. The number of aliphatic hydroxyl groups is 1. The fraction of sp³-hybridized carbons (Fsp3) is 0.286. The highest BCUT2D eigenvalue weighted by Crippen LogP contribution is 2.47. The van der Waals surface area contributed by atoms with Gasteiger partial charge < -0.3 is 40.3 Å². The van der Waals surface area contributed by atoms with Gasteiger partial charge in [-0.05, 0) is 145 Å². The van der Waals surface area contributed by atoms with E-state index in [2.05, 4.69) is 26.1 Å². The number of aromatic nitrogens is 1. The first-order valence-corrected chi connectivity index (χ1v) is 25.7. The number of amides is 4. The average Bonchev–Trinajstić information content (AvgIpc) is 4.09. The van der Waals surface area contributed by atoms with Gasteiger partial charge in [-0.15, -0.1) is 22.7 Å². The van der Waals surface area contributed by atoms with E-state index in [0.717, 1.165) is 47.8 Å². The van der Waals surface area contributed by atoms with Gasteiger partial charge in [0.05, 0.1) is 45.9 Å². The van der Waals surface area contributed by atoms with Crippen LogP contribution in [0.3, 0.4) is 0 Å². The van der Waals surface area contributed by atoms with Gasteiger partial charge >= 0.3 is 0 Å². The lowest BCUT2D eigenvalue weighted by Crippen LogP contribution is -2.57.